The first-order valence-corrected chi connectivity index (χ1v) is 9.44. The van der Waals surface area contributed by atoms with Gasteiger partial charge in [0.1, 0.15) is 0 Å². The molecule has 2 aromatic rings. The van der Waals surface area contributed by atoms with Gasteiger partial charge >= 0.3 is 0 Å². The molecule has 2 aromatic carbocycles. The molecule has 0 saturated carbocycles. The second-order valence-electron chi connectivity index (χ2n) is 5.69. The molecule has 2 rings (SSSR count). The Hall–Kier alpha value is -1.46. The van der Waals surface area contributed by atoms with Crippen molar-refractivity contribution in [2.75, 3.05) is 12.7 Å². The summed E-state index contributed by atoms with van der Waals surface area (Å²) in [7, 11) is -0.602. The maximum atomic E-state index is 6.23. The van der Waals surface area contributed by atoms with Gasteiger partial charge in [-0.3, -0.25) is 0 Å². The van der Waals surface area contributed by atoms with Crippen molar-refractivity contribution < 1.29 is 4.43 Å². The average Bonchev–Trinajstić information content (AvgIpc) is 2.57. The van der Waals surface area contributed by atoms with E-state index in [0.29, 0.717) is 12.6 Å². The monoisotopic (exact) mass is 314 g/mol. The van der Waals surface area contributed by atoms with Gasteiger partial charge in [-0.25, -0.2) is 0 Å². The number of nitrogens with one attached hydrogen (secondary N) is 1. The Bertz CT molecular complexity index is 506. The molecule has 3 nitrogen and oxygen atoms in total. The largest absolute Gasteiger partial charge is 0.420 e. The normalized spacial score (nSPS) is 12.4. The zero-order valence-electron chi connectivity index (χ0n) is 13.5. The fraction of sp³-hybridized carbons (Fsp3) is 0.333. The molecule has 0 aliphatic heterocycles. The second kappa shape index (κ2) is 8.24. The van der Waals surface area contributed by atoms with E-state index in [1.165, 1.54) is 11.1 Å². The molecule has 0 aliphatic rings. The molecule has 0 amide bonds. The Morgan fingerprint density at radius 2 is 1.50 bits per heavy atom. The lowest BCUT2D eigenvalue weighted by atomic mass is 9.83. The van der Waals surface area contributed by atoms with E-state index >= 15 is 0 Å². The van der Waals surface area contributed by atoms with Crippen LogP contribution >= 0.6 is 0 Å². The highest BCUT2D eigenvalue weighted by Crippen LogP contribution is 2.28. The van der Waals surface area contributed by atoms with Crippen LogP contribution < -0.4 is 11.1 Å². The van der Waals surface area contributed by atoms with Crippen LogP contribution in [0.4, 0.5) is 0 Å². The van der Waals surface area contributed by atoms with Crippen LogP contribution in [0.15, 0.2) is 60.7 Å². The quantitative estimate of drug-likeness (QED) is 0.578. The summed E-state index contributed by atoms with van der Waals surface area (Å²) in [5.74, 6) is 0. The van der Waals surface area contributed by atoms with Crippen LogP contribution in [0.1, 0.15) is 25.0 Å². The van der Waals surface area contributed by atoms with Gasteiger partial charge in [0.05, 0.1) is 5.54 Å². The standard InChI is InChI=1S/C18H26N2OSi/c1-15(2)21-22-14-20-18(13-19,16-9-5-3-6-10-16)17-11-7-4-8-12-17/h3-12,15,20H,13-14,19,22H2,1-2H3. The van der Waals surface area contributed by atoms with Gasteiger partial charge in [0, 0.05) is 18.8 Å². The maximum Gasteiger partial charge on any atom is 0.175 e. The topological polar surface area (TPSA) is 47.3 Å². The van der Waals surface area contributed by atoms with Crippen molar-refractivity contribution in [3.05, 3.63) is 71.8 Å². The maximum absolute atomic E-state index is 6.23. The zero-order chi connectivity index (χ0) is 15.8. The fourth-order valence-electron chi connectivity index (χ4n) is 2.68. The molecule has 0 aromatic heterocycles. The van der Waals surface area contributed by atoms with Crippen molar-refractivity contribution in [1.82, 2.24) is 5.32 Å². The van der Waals surface area contributed by atoms with Crippen molar-refractivity contribution in [1.29, 1.82) is 0 Å². The summed E-state index contributed by atoms with van der Waals surface area (Å²) in [6, 6.07) is 20.9. The highest BCUT2D eigenvalue weighted by atomic mass is 28.2. The molecule has 0 bridgehead atoms. The molecule has 0 radical (unpaired) electrons. The Morgan fingerprint density at radius 3 is 1.91 bits per heavy atom. The lowest BCUT2D eigenvalue weighted by Crippen LogP contribution is -2.51. The van der Waals surface area contributed by atoms with Crippen LogP contribution in [-0.2, 0) is 9.96 Å². The molecular weight excluding hydrogens is 288 g/mol. The van der Waals surface area contributed by atoms with Gasteiger partial charge in [0.25, 0.3) is 0 Å². The van der Waals surface area contributed by atoms with E-state index < -0.39 is 9.76 Å². The summed E-state index contributed by atoms with van der Waals surface area (Å²) in [4.78, 5) is 0. The molecular formula is C18H26N2OSi. The minimum atomic E-state index is -0.602. The van der Waals surface area contributed by atoms with Gasteiger partial charge in [0.2, 0.25) is 0 Å². The fourth-order valence-corrected chi connectivity index (χ4v) is 3.80. The third kappa shape index (κ3) is 4.05. The van der Waals surface area contributed by atoms with Crippen molar-refractivity contribution in [2.24, 2.45) is 5.73 Å². The third-order valence-corrected chi connectivity index (χ3v) is 5.18. The Morgan fingerprint density at radius 1 is 1.00 bits per heavy atom. The van der Waals surface area contributed by atoms with Gasteiger partial charge < -0.3 is 15.5 Å². The molecule has 0 unspecified atom stereocenters. The van der Waals surface area contributed by atoms with Crippen molar-refractivity contribution in [3.8, 4) is 0 Å². The number of hydrogen-bond acceptors (Lipinski definition) is 3. The van der Waals surface area contributed by atoms with Crippen LogP contribution in [-0.4, -0.2) is 28.6 Å². The van der Waals surface area contributed by atoms with E-state index in [-0.39, 0.29) is 5.54 Å². The summed E-state index contributed by atoms with van der Waals surface area (Å²) >= 11 is 0. The average molecular weight is 315 g/mol. The lowest BCUT2D eigenvalue weighted by Gasteiger charge is -2.35. The summed E-state index contributed by atoms with van der Waals surface area (Å²) in [5, 5.41) is 3.68. The molecule has 0 heterocycles. The van der Waals surface area contributed by atoms with Crippen molar-refractivity contribution in [3.63, 3.8) is 0 Å². The lowest BCUT2D eigenvalue weighted by molar-refractivity contribution is 0.252. The van der Waals surface area contributed by atoms with Gasteiger partial charge in [-0.05, 0) is 25.0 Å². The van der Waals surface area contributed by atoms with Crippen molar-refractivity contribution >= 4 is 9.76 Å². The van der Waals surface area contributed by atoms with Gasteiger partial charge in [0.15, 0.2) is 9.76 Å². The Labute approximate surface area is 135 Å². The number of nitrogens with two attached hydrogens (primary N) is 1. The molecule has 0 atom stereocenters. The highest BCUT2D eigenvalue weighted by molar-refractivity contribution is 6.27. The first-order chi connectivity index (χ1) is 10.7. The molecule has 118 valence electrons. The van der Waals surface area contributed by atoms with E-state index in [2.05, 4.69) is 67.7 Å². The highest BCUT2D eigenvalue weighted by Gasteiger charge is 2.31. The molecule has 22 heavy (non-hydrogen) atoms. The molecule has 3 N–H and O–H groups in total. The van der Waals surface area contributed by atoms with Crippen LogP contribution in [0.3, 0.4) is 0 Å². The zero-order valence-corrected chi connectivity index (χ0v) is 14.9. The van der Waals surface area contributed by atoms with E-state index in [1.54, 1.807) is 0 Å². The van der Waals surface area contributed by atoms with Gasteiger partial charge in [-0.1, -0.05) is 60.7 Å². The summed E-state index contributed by atoms with van der Waals surface area (Å²) in [6.45, 7) is 4.67. The van der Waals surface area contributed by atoms with Crippen LogP contribution in [0.2, 0.25) is 0 Å². The molecule has 0 fully saturated rings. The third-order valence-electron chi connectivity index (χ3n) is 3.82. The molecule has 0 spiro atoms. The minimum Gasteiger partial charge on any atom is -0.420 e. The van der Waals surface area contributed by atoms with Gasteiger partial charge in [-0.15, -0.1) is 0 Å². The van der Waals surface area contributed by atoms with E-state index in [0.717, 1.165) is 6.17 Å². The molecule has 4 heteroatoms. The van der Waals surface area contributed by atoms with Crippen LogP contribution in [0, 0.1) is 0 Å². The Balaban J connectivity index is 2.27. The SMILES string of the molecule is CC(C)O[SiH2]CNC(CN)(c1ccccc1)c1ccccc1. The van der Waals surface area contributed by atoms with E-state index in [9.17, 15) is 0 Å². The Kier molecular flexibility index (Phi) is 6.33. The van der Waals surface area contributed by atoms with E-state index in [1.807, 2.05) is 12.1 Å². The summed E-state index contributed by atoms with van der Waals surface area (Å²) in [6.07, 6.45) is 1.19. The molecule has 0 aliphatic carbocycles. The number of rotatable bonds is 8. The van der Waals surface area contributed by atoms with Crippen LogP contribution in [0.5, 0.6) is 0 Å². The summed E-state index contributed by atoms with van der Waals surface area (Å²) in [5.41, 5.74) is 8.27. The second-order valence-corrected chi connectivity index (χ2v) is 6.93. The summed E-state index contributed by atoms with van der Waals surface area (Å²) < 4.78 is 5.79. The first kappa shape index (κ1) is 16.9. The van der Waals surface area contributed by atoms with Crippen molar-refractivity contribution in [2.45, 2.75) is 25.5 Å². The predicted octanol–water partition coefficient (Wildman–Crippen LogP) is 1.94. The van der Waals surface area contributed by atoms with Gasteiger partial charge in [-0.2, -0.15) is 0 Å². The molecule has 0 saturated heterocycles. The van der Waals surface area contributed by atoms with Crippen LogP contribution in [0.25, 0.3) is 0 Å². The number of hydrogen-bond donors (Lipinski definition) is 2. The minimum absolute atomic E-state index is 0.300. The smallest absolute Gasteiger partial charge is 0.175 e. The first-order valence-electron chi connectivity index (χ1n) is 7.87. The number of benzene rings is 2. The van der Waals surface area contributed by atoms with E-state index in [4.69, 9.17) is 10.2 Å². The predicted molar refractivity (Wildman–Crippen MR) is 95.5 cm³/mol.